The fourth-order valence-corrected chi connectivity index (χ4v) is 1.44. The highest BCUT2D eigenvalue weighted by Gasteiger charge is 2.05. The third-order valence-electron chi connectivity index (χ3n) is 2.72. The SMILES string of the molecule is CNC(C#N)CCOc1cccc(C)c1C. The van der Waals surface area contributed by atoms with Gasteiger partial charge in [0.2, 0.25) is 0 Å². The minimum Gasteiger partial charge on any atom is -0.493 e. The molecule has 3 heteroatoms. The lowest BCUT2D eigenvalue weighted by Gasteiger charge is -2.12. The summed E-state index contributed by atoms with van der Waals surface area (Å²) in [5.74, 6) is 0.910. The van der Waals surface area contributed by atoms with Crippen LogP contribution in [0.5, 0.6) is 5.75 Å². The normalized spacial score (nSPS) is 11.9. The lowest BCUT2D eigenvalue weighted by molar-refractivity contribution is 0.298. The van der Waals surface area contributed by atoms with Gasteiger partial charge < -0.3 is 10.1 Å². The first-order valence-electron chi connectivity index (χ1n) is 5.45. The molecule has 3 nitrogen and oxygen atoms in total. The number of aryl methyl sites for hydroxylation is 1. The Morgan fingerprint density at radius 2 is 2.19 bits per heavy atom. The molecule has 1 aromatic rings. The molecule has 1 atom stereocenters. The maximum absolute atomic E-state index is 8.75. The summed E-state index contributed by atoms with van der Waals surface area (Å²) >= 11 is 0. The van der Waals surface area contributed by atoms with Crippen molar-refractivity contribution in [3.63, 3.8) is 0 Å². The molecule has 0 saturated carbocycles. The van der Waals surface area contributed by atoms with Gasteiger partial charge in [0.1, 0.15) is 5.75 Å². The van der Waals surface area contributed by atoms with Gasteiger partial charge >= 0.3 is 0 Å². The number of nitrogens with one attached hydrogen (secondary N) is 1. The van der Waals surface area contributed by atoms with E-state index >= 15 is 0 Å². The Labute approximate surface area is 97.0 Å². The molecule has 0 amide bonds. The summed E-state index contributed by atoms with van der Waals surface area (Å²) in [5.41, 5.74) is 2.39. The van der Waals surface area contributed by atoms with Gasteiger partial charge in [-0.25, -0.2) is 0 Å². The zero-order valence-corrected chi connectivity index (χ0v) is 10.1. The molecule has 1 N–H and O–H groups in total. The van der Waals surface area contributed by atoms with E-state index in [-0.39, 0.29) is 6.04 Å². The highest BCUT2D eigenvalue weighted by molar-refractivity contribution is 5.38. The molecule has 0 bridgehead atoms. The van der Waals surface area contributed by atoms with Crippen molar-refractivity contribution in [3.05, 3.63) is 29.3 Å². The number of ether oxygens (including phenoxy) is 1. The molecule has 0 radical (unpaired) electrons. The summed E-state index contributed by atoms with van der Waals surface area (Å²) in [6, 6.07) is 8.05. The van der Waals surface area contributed by atoms with Crippen LogP contribution in [0.2, 0.25) is 0 Å². The van der Waals surface area contributed by atoms with Crippen molar-refractivity contribution in [2.45, 2.75) is 26.3 Å². The van der Waals surface area contributed by atoms with Crippen LogP contribution < -0.4 is 10.1 Å². The van der Waals surface area contributed by atoms with Crippen molar-refractivity contribution in [1.82, 2.24) is 5.32 Å². The Bertz CT molecular complexity index is 382. The first-order valence-corrected chi connectivity index (χ1v) is 5.45. The number of benzene rings is 1. The van der Waals surface area contributed by atoms with Crippen LogP contribution in [0.4, 0.5) is 0 Å². The second-order valence-corrected chi connectivity index (χ2v) is 3.81. The third kappa shape index (κ3) is 3.25. The summed E-state index contributed by atoms with van der Waals surface area (Å²) in [4.78, 5) is 0. The zero-order valence-electron chi connectivity index (χ0n) is 10.1. The van der Waals surface area contributed by atoms with E-state index < -0.39 is 0 Å². The highest BCUT2D eigenvalue weighted by atomic mass is 16.5. The van der Waals surface area contributed by atoms with Crippen LogP contribution in [0.25, 0.3) is 0 Å². The van der Waals surface area contributed by atoms with Crippen molar-refractivity contribution < 1.29 is 4.74 Å². The molecular weight excluding hydrogens is 200 g/mol. The first-order chi connectivity index (χ1) is 7.69. The first kappa shape index (κ1) is 12.5. The van der Waals surface area contributed by atoms with Gasteiger partial charge in [-0.3, -0.25) is 0 Å². The summed E-state index contributed by atoms with van der Waals surface area (Å²) in [6.07, 6.45) is 0.695. The molecule has 1 rings (SSSR count). The zero-order chi connectivity index (χ0) is 12.0. The lowest BCUT2D eigenvalue weighted by Crippen LogP contribution is -2.25. The maximum Gasteiger partial charge on any atom is 0.122 e. The number of rotatable bonds is 5. The minimum absolute atomic E-state index is 0.134. The Kier molecular flexibility index (Phi) is 4.81. The van der Waals surface area contributed by atoms with Crippen molar-refractivity contribution in [1.29, 1.82) is 5.26 Å². The predicted molar refractivity (Wildman–Crippen MR) is 64.5 cm³/mol. The fourth-order valence-electron chi connectivity index (χ4n) is 1.44. The summed E-state index contributed by atoms with van der Waals surface area (Å²) in [5, 5.41) is 11.7. The van der Waals surface area contributed by atoms with E-state index in [2.05, 4.69) is 24.4 Å². The Morgan fingerprint density at radius 3 is 2.81 bits per heavy atom. The number of hydrogen-bond donors (Lipinski definition) is 1. The van der Waals surface area contributed by atoms with Crippen molar-refractivity contribution in [2.75, 3.05) is 13.7 Å². The van der Waals surface area contributed by atoms with E-state index in [4.69, 9.17) is 10.00 Å². The molecule has 1 unspecified atom stereocenters. The molecule has 1 aromatic carbocycles. The molecular formula is C13H18N2O. The summed E-state index contributed by atoms with van der Waals surface area (Å²) in [7, 11) is 1.78. The Balaban J connectivity index is 2.50. The van der Waals surface area contributed by atoms with Gasteiger partial charge in [-0.1, -0.05) is 12.1 Å². The summed E-state index contributed by atoms with van der Waals surface area (Å²) in [6.45, 7) is 4.67. The lowest BCUT2D eigenvalue weighted by atomic mass is 10.1. The van der Waals surface area contributed by atoms with Crippen LogP contribution in [-0.4, -0.2) is 19.7 Å². The van der Waals surface area contributed by atoms with Gasteiger partial charge in [-0.05, 0) is 38.1 Å². The second kappa shape index (κ2) is 6.14. The molecule has 86 valence electrons. The second-order valence-electron chi connectivity index (χ2n) is 3.81. The average molecular weight is 218 g/mol. The molecule has 0 saturated heterocycles. The molecule has 0 aliphatic rings. The molecule has 0 aliphatic carbocycles. The van der Waals surface area contributed by atoms with Crippen LogP contribution in [0.1, 0.15) is 17.5 Å². The van der Waals surface area contributed by atoms with Gasteiger partial charge in [0.05, 0.1) is 18.7 Å². The van der Waals surface area contributed by atoms with Crippen LogP contribution in [-0.2, 0) is 0 Å². The van der Waals surface area contributed by atoms with Crippen LogP contribution in [0.3, 0.4) is 0 Å². The van der Waals surface area contributed by atoms with Crippen LogP contribution >= 0.6 is 0 Å². The van der Waals surface area contributed by atoms with Crippen LogP contribution in [0.15, 0.2) is 18.2 Å². The minimum atomic E-state index is -0.134. The van der Waals surface area contributed by atoms with Crippen molar-refractivity contribution in [3.8, 4) is 11.8 Å². The van der Waals surface area contributed by atoms with E-state index in [1.165, 1.54) is 11.1 Å². The number of nitrogens with zero attached hydrogens (tertiary/aromatic N) is 1. The predicted octanol–water partition coefficient (Wildman–Crippen LogP) is 2.18. The molecule has 0 fully saturated rings. The standard InChI is InChI=1S/C13H18N2O/c1-10-5-4-6-13(11(10)2)16-8-7-12(9-14)15-3/h4-6,12,15H,7-8H2,1-3H3. The molecule has 0 aromatic heterocycles. The van der Waals surface area contributed by atoms with E-state index in [0.717, 1.165) is 5.75 Å². The fraction of sp³-hybridized carbons (Fsp3) is 0.462. The Hall–Kier alpha value is -1.53. The highest BCUT2D eigenvalue weighted by Crippen LogP contribution is 2.20. The van der Waals surface area contributed by atoms with Gasteiger partial charge in [0.25, 0.3) is 0 Å². The van der Waals surface area contributed by atoms with E-state index in [0.29, 0.717) is 13.0 Å². The van der Waals surface area contributed by atoms with E-state index in [9.17, 15) is 0 Å². The smallest absolute Gasteiger partial charge is 0.122 e. The van der Waals surface area contributed by atoms with Gasteiger partial charge in [0.15, 0.2) is 0 Å². The Morgan fingerprint density at radius 1 is 1.44 bits per heavy atom. The average Bonchev–Trinajstić information content (AvgIpc) is 2.30. The largest absolute Gasteiger partial charge is 0.493 e. The van der Waals surface area contributed by atoms with Gasteiger partial charge in [-0.2, -0.15) is 5.26 Å². The van der Waals surface area contributed by atoms with E-state index in [1.807, 2.05) is 19.1 Å². The monoisotopic (exact) mass is 218 g/mol. The number of nitriles is 1. The van der Waals surface area contributed by atoms with Gasteiger partial charge in [-0.15, -0.1) is 0 Å². The molecule has 16 heavy (non-hydrogen) atoms. The van der Waals surface area contributed by atoms with Gasteiger partial charge in [0, 0.05) is 6.42 Å². The number of hydrogen-bond acceptors (Lipinski definition) is 3. The van der Waals surface area contributed by atoms with E-state index in [1.54, 1.807) is 7.05 Å². The van der Waals surface area contributed by atoms with Crippen molar-refractivity contribution in [2.24, 2.45) is 0 Å². The van der Waals surface area contributed by atoms with Crippen LogP contribution in [0, 0.1) is 25.2 Å². The molecule has 0 spiro atoms. The van der Waals surface area contributed by atoms with Crippen molar-refractivity contribution >= 4 is 0 Å². The quantitative estimate of drug-likeness (QED) is 0.824. The third-order valence-corrected chi connectivity index (χ3v) is 2.72. The molecule has 0 aliphatic heterocycles. The topological polar surface area (TPSA) is 45.0 Å². The molecule has 0 heterocycles. The summed E-state index contributed by atoms with van der Waals surface area (Å²) < 4.78 is 5.66. The maximum atomic E-state index is 8.75.